The van der Waals surface area contributed by atoms with Gasteiger partial charge in [0.2, 0.25) is 0 Å². The Kier molecular flexibility index (Phi) is 4.36. The minimum absolute atomic E-state index is 0.00583. The number of thiophene rings is 1. The first kappa shape index (κ1) is 14.3. The summed E-state index contributed by atoms with van der Waals surface area (Å²) in [5, 5.41) is 4.95. The Balaban J connectivity index is 1.77. The number of aryl methyl sites for hydroxylation is 1. The van der Waals surface area contributed by atoms with Crippen molar-refractivity contribution in [2.75, 3.05) is 13.2 Å². The van der Waals surface area contributed by atoms with Gasteiger partial charge in [-0.1, -0.05) is 30.3 Å². The highest BCUT2D eigenvalue weighted by Gasteiger charge is 2.20. The summed E-state index contributed by atoms with van der Waals surface area (Å²) in [4.78, 5) is 13.6. The molecule has 110 valence electrons. The molecule has 1 amide bonds. The number of hydrogen-bond donors (Lipinski definition) is 1. The zero-order valence-corrected chi connectivity index (χ0v) is 12.9. The number of nitrogens with one attached hydrogen (secondary N) is 1. The van der Waals surface area contributed by atoms with Crippen LogP contribution in [0.2, 0.25) is 0 Å². The Morgan fingerprint density at radius 3 is 2.90 bits per heavy atom. The molecule has 3 nitrogen and oxygen atoms in total. The van der Waals surface area contributed by atoms with E-state index in [0.717, 1.165) is 36.1 Å². The lowest BCUT2D eigenvalue weighted by Gasteiger charge is -2.11. The fourth-order valence-corrected chi connectivity index (χ4v) is 3.56. The van der Waals surface area contributed by atoms with Gasteiger partial charge in [0.05, 0.1) is 11.7 Å². The second-order valence-corrected chi connectivity index (χ2v) is 6.38. The molecule has 21 heavy (non-hydrogen) atoms. The van der Waals surface area contributed by atoms with Gasteiger partial charge >= 0.3 is 0 Å². The van der Waals surface area contributed by atoms with Crippen molar-refractivity contribution in [3.63, 3.8) is 0 Å². The van der Waals surface area contributed by atoms with Crippen molar-refractivity contribution in [1.82, 2.24) is 5.32 Å². The second kappa shape index (κ2) is 6.41. The lowest BCUT2D eigenvalue weighted by atomic mass is 10.0. The Labute approximate surface area is 129 Å². The molecule has 1 N–H and O–H groups in total. The Bertz CT molecular complexity index is 615. The molecule has 0 bridgehead atoms. The number of rotatable bonds is 4. The normalized spacial score (nSPS) is 17.9. The molecule has 1 aromatic carbocycles. The molecule has 0 spiro atoms. The SMILES string of the molecule is Cc1scc(C(=O)NC[C@@H]2CCCO2)c1-c1ccccc1. The molecule has 1 atom stereocenters. The average molecular weight is 301 g/mol. The highest BCUT2D eigenvalue weighted by molar-refractivity contribution is 7.10. The molecule has 0 aliphatic carbocycles. The van der Waals surface area contributed by atoms with E-state index in [1.165, 1.54) is 4.88 Å². The van der Waals surface area contributed by atoms with Gasteiger partial charge in [0.15, 0.2) is 0 Å². The van der Waals surface area contributed by atoms with E-state index < -0.39 is 0 Å². The van der Waals surface area contributed by atoms with Crippen LogP contribution in [0.25, 0.3) is 11.1 Å². The van der Waals surface area contributed by atoms with Crippen LogP contribution >= 0.6 is 11.3 Å². The number of ether oxygens (including phenoxy) is 1. The minimum atomic E-state index is -0.00583. The van der Waals surface area contributed by atoms with Crippen LogP contribution in [0.5, 0.6) is 0 Å². The molecular weight excluding hydrogens is 282 g/mol. The maximum atomic E-state index is 12.4. The summed E-state index contributed by atoms with van der Waals surface area (Å²) in [5.74, 6) is -0.00583. The van der Waals surface area contributed by atoms with Gasteiger partial charge in [0.25, 0.3) is 5.91 Å². The van der Waals surface area contributed by atoms with Crippen LogP contribution in [0, 0.1) is 6.92 Å². The predicted molar refractivity (Wildman–Crippen MR) is 85.8 cm³/mol. The minimum Gasteiger partial charge on any atom is -0.376 e. The van der Waals surface area contributed by atoms with Gasteiger partial charge in [-0.2, -0.15) is 0 Å². The van der Waals surface area contributed by atoms with E-state index in [4.69, 9.17) is 4.74 Å². The van der Waals surface area contributed by atoms with Gasteiger partial charge < -0.3 is 10.1 Å². The van der Waals surface area contributed by atoms with E-state index >= 15 is 0 Å². The highest BCUT2D eigenvalue weighted by atomic mass is 32.1. The summed E-state index contributed by atoms with van der Waals surface area (Å²) in [6.07, 6.45) is 2.30. The van der Waals surface area contributed by atoms with Gasteiger partial charge in [-0.05, 0) is 25.3 Å². The number of carbonyl (C=O) groups excluding carboxylic acids is 1. The summed E-state index contributed by atoms with van der Waals surface area (Å²) in [6.45, 7) is 3.47. The predicted octanol–water partition coefficient (Wildman–Crippen LogP) is 3.63. The molecule has 4 heteroatoms. The molecule has 0 saturated carbocycles. The molecule has 1 aromatic heterocycles. The zero-order chi connectivity index (χ0) is 14.7. The molecule has 1 aliphatic rings. The Morgan fingerprint density at radius 2 is 2.19 bits per heavy atom. The van der Waals surface area contributed by atoms with Gasteiger partial charge in [0, 0.05) is 29.0 Å². The summed E-state index contributed by atoms with van der Waals surface area (Å²) < 4.78 is 5.55. The Morgan fingerprint density at radius 1 is 1.38 bits per heavy atom. The summed E-state index contributed by atoms with van der Waals surface area (Å²) >= 11 is 1.62. The first-order valence-electron chi connectivity index (χ1n) is 7.29. The van der Waals surface area contributed by atoms with Crippen LogP contribution in [0.3, 0.4) is 0 Å². The second-order valence-electron chi connectivity index (χ2n) is 5.29. The van der Waals surface area contributed by atoms with Gasteiger partial charge in [-0.15, -0.1) is 11.3 Å². The van der Waals surface area contributed by atoms with Crippen molar-refractivity contribution >= 4 is 17.2 Å². The number of carbonyl (C=O) groups is 1. The van der Waals surface area contributed by atoms with Crippen molar-refractivity contribution in [2.45, 2.75) is 25.9 Å². The van der Waals surface area contributed by atoms with Crippen molar-refractivity contribution < 1.29 is 9.53 Å². The molecule has 1 aliphatic heterocycles. The number of benzene rings is 1. The number of hydrogen-bond acceptors (Lipinski definition) is 3. The van der Waals surface area contributed by atoms with E-state index in [9.17, 15) is 4.79 Å². The molecule has 1 fully saturated rings. The van der Waals surface area contributed by atoms with Gasteiger partial charge in [-0.25, -0.2) is 0 Å². The van der Waals surface area contributed by atoms with Crippen molar-refractivity contribution in [1.29, 1.82) is 0 Å². The molecule has 1 saturated heterocycles. The summed E-state index contributed by atoms with van der Waals surface area (Å²) in [5.41, 5.74) is 2.91. The lowest BCUT2D eigenvalue weighted by molar-refractivity contribution is 0.0858. The smallest absolute Gasteiger partial charge is 0.252 e. The maximum absolute atomic E-state index is 12.4. The van der Waals surface area contributed by atoms with Crippen LogP contribution < -0.4 is 5.32 Å². The first-order chi connectivity index (χ1) is 10.3. The molecule has 0 unspecified atom stereocenters. The third kappa shape index (κ3) is 3.17. The fraction of sp³-hybridized carbons (Fsp3) is 0.353. The third-order valence-corrected chi connectivity index (χ3v) is 4.71. The summed E-state index contributed by atoms with van der Waals surface area (Å²) in [6, 6.07) is 10.1. The van der Waals surface area contributed by atoms with Crippen molar-refractivity contribution in [3.8, 4) is 11.1 Å². The van der Waals surface area contributed by atoms with Crippen LogP contribution in [0.1, 0.15) is 28.1 Å². The molecular formula is C17H19NO2S. The van der Waals surface area contributed by atoms with Crippen LogP contribution in [0.4, 0.5) is 0 Å². The average Bonchev–Trinajstić information content (AvgIpc) is 3.15. The van der Waals surface area contributed by atoms with Crippen LogP contribution in [-0.2, 0) is 4.74 Å². The van der Waals surface area contributed by atoms with E-state index in [1.807, 2.05) is 35.7 Å². The van der Waals surface area contributed by atoms with E-state index in [0.29, 0.717) is 6.54 Å². The molecule has 3 rings (SSSR count). The monoisotopic (exact) mass is 301 g/mol. The summed E-state index contributed by atoms with van der Waals surface area (Å²) in [7, 11) is 0. The van der Waals surface area contributed by atoms with E-state index in [1.54, 1.807) is 11.3 Å². The lowest BCUT2D eigenvalue weighted by Crippen LogP contribution is -2.31. The van der Waals surface area contributed by atoms with Crippen molar-refractivity contribution in [3.05, 3.63) is 46.2 Å². The zero-order valence-electron chi connectivity index (χ0n) is 12.1. The molecule has 2 heterocycles. The quantitative estimate of drug-likeness (QED) is 0.936. The molecule has 2 aromatic rings. The highest BCUT2D eigenvalue weighted by Crippen LogP contribution is 2.32. The third-order valence-electron chi connectivity index (χ3n) is 3.80. The van der Waals surface area contributed by atoms with Gasteiger partial charge in [-0.3, -0.25) is 4.79 Å². The largest absolute Gasteiger partial charge is 0.376 e. The van der Waals surface area contributed by atoms with Crippen LogP contribution in [0.15, 0.2) is 35.7 Å². The van der Waals surface area contributed by atoms with E-state index in [2.05, 4.69) is 12.2 Å². The fourth-order valence-electron chi connectivity index (χ4n) is 2.69. The van der Waals surface area contributed by atoms with Crippen LogP contribution in [-0.4, -0.2) is 25.2 Å². The molecule has 0 radical (unpaired) electrons. The first-order valence-corrected chi connectivity index (χ1v) is 8.17. The van der Waals surface area contributed by atoms with Crippen molar-refractivity contribution in [2.24, 2.45) is 0 Å². The topological polar surface area (TPSA) is 38.3 Å². The Hall–Kier alpha value is -1.65. The number of amides is 1. The maximum Gasteiger partial charge on any atom is 0.252 e. The van der Waals surface area contributed by atoms with Gasteiger partial charge in [0.1, 0.15) is 0 Å². The standard InChI is InChI=1S/C17H19NO2S/c1-12-16(13-6-3-2-4-7-13)15(11-21-12)17(19)18-10-14-8-5-9-20-14/h2-4,6-7,11,14H,5,8-10H2,1H3,(H,18,19)/t14-/m0/s1. The van der Waals surface area contributed by atoms with E-state index in [-0.39, 0.29) is 12.0 Å².